The van der Waals surface area contributed by atoms with E-state index in [2.05, 4.69) is 85.4 Å². The molecule has 386 valence electrons. The summed E-state index contributed by atoms with van der Waals surface area (Å²) in [7, 11) is 1.75. The Hall–Kier alpha value is -6.37. The average molecular weight is 1010 g/mol. The number of thiophene rings is 1. The number of fused-ring (bicyclic) bond motifs is 1. The number of aryl methyl sites for hydroxylation is 2. The van der Waals surface area contributed by atoms with E-state index in [-0.39, 0.29) is 42.1 Å². The van der Waals surface area contributed by atoms with Gasteiger partial charge in [-0.15, -0.1) is 11.3 Å². The molecule has 6 heterocycles. The van der Waals surface area contributed by atoms with Gasteiger partial charge in [0.2, 0.25) is 11.8 Å². The number of benzene rings is 3. The summed E-state index contributed by atoms with van der Waals surface area (Å²) >= 11 is 1.70. The lowest BCUT2D eigenvalue weighted by Crippen LogP contribution is -2.57. The second kappa shape index (κ2) is 22.4. The first-order valence-corrected chi connectivity index (χ1v) is 27.3. The van der Waals surface area contributed by atoms with Crippen molar-refractivity contribution in [2.24, 2.45) is 18.9 Å². The first kappa shape index (κ1) is 51.5. The highest BCUT2D eigenvalue weighted by molar-refractivity contribution is 7.13. The van der Waals surface area contributed by atoms with Gasteiger partial charge in [-0.1, -0.05) is 49.3 Å². The molecule has 0 spiro atoms. The number of hydrogen-bond acceptors (Lipinski definition) is 10. The van der Waals surface area contributed by atoms with Crippen molar-refractivity contribution in [3.8, 4) is 22.3 Å². The van der Waals surface area contributed by atoms with Crippen molar-refractivity contribution in [2.45, 2.75) is 123 Å². The zero-order valence-electron chi connectivity index (χ0n) is 43.4. The Labute approximate surface area is 433 Å². The van der Waals surface area contributed by atoms with Gasteiger partial charge < -0.3 is 30.1 Å². The normalized spacial score (nSPS) is 18.7. The van der Waals surface area contributed by atoms with E-state index in [9.17, 15) is 24.0 Å². The summed E-state index contributed by atoms with van der Waals surface area (Å²) in [6.07, 6.45) is 9.74. The predicted molar refractivity (Wildman–Crippen MR) is 290 cm³/mol. The molecule has 4 aliphatic rings. The Morgan fingerprint density at radius 1 is 0.890 bits per heavy atom. The first-order valence-electron chi connectivity index (χ1n) is 26.4. The lowest BCUT2D eigenvalue weighted by molar-refractivity contribution is -0.135. The molecule has 0 bridgehead atoms. The van der Waals surface area contributed by atoms with E-state index in [1.54, 1.807) is 32.4 Å². The number of nitrogens with zero attached hydrogens (tertiary/aromatic N) is 5. The SMILES string of the molecule is Cc1ccc(NC2CN(C(=O)OC(C)(C)C)C2)cc1C(=O)N[C@H](C)c1ccc(C#CC2CCN(CCCCCC3CCN(c4ccc5c(c4)n(C)c(=O)n5C4CCC(=O)NC4=O)CC3)CC2)c(-c2cccs2)c1. The van der Waals surface area contributed by atoms with Gasteiger partial charge in [0, 0.05) is 78.5 Å². The van der Waals surface area contributed by atoms with Crippen LogP contribution in [0.5, 0.6) is 0 Å². The van der Waals surface area contributed by atoms with E-state index < -0.39 is 17.6 Å². The van der Waals surface area contributed by atoms with Crippen LogP contribution in [-0.4, -0.2) is 100 Å². The maximum atomic E-state index is 13.7. The third-order valence-corrected chi connectivity index (χ3v) is 16.1. The molecule has 9 rings (SSSR count). The fourth-order valence-electron chi connectivity index (χ4n) is 10.9. The van der Waals surface area contributed by atoms with Crippen LogP contribution in [0.15, 0.2) is 76.9 Å². The summed E-state index contributed by atoms with van der Waals surface area (Å²) in [5.74, 6) is 7.50. The summed E-state index contributed by atoms with van der Waals surface area (Å²) in [4.78, 5) is 71.7. The highest BCUT2D eigenvalue weighted by Gasteiger charge is 2.34. The van der Waals surface area contributed by atoms with Crippen molar-refractivity contribution in [3.05, 3.63) is 105 Å². The molecule has 2 aromatic heterocycles. The van der Waals surface area contributed by atoms with Crippen LogP contribution in [0, 0.1) is 30.6 Å². The molecule has 4 aliphatic heterocycles. The van der Waals surface area contributed by atoms with Crippen LogP contribution in [0.2, 0.25) is 0 Å². The highest BCUT2D eigenvalue weighted by Crippen LogP contribution is 2.33. The second-order valence-electron chi connectivity index (χ2n) is 21.8. The standard InChI is InChI=1S/C58H72N8O6S/c1-38-13-18-44(60-45-36-65(37-45)57(71)72-58(3,4)5)34-47(38)54(68)59-39(2)43-17-16-42(48(33-43)52-12-10-32-73-52)15-14-41-23-28-63(29-24-41)27-9-7-8-11-40-25-30-64(31-26-40)46-19-20-49-51(35-46)62(6)56(70)66(49)50-21-22-53(67)61-55(50)69/h10,12-13,16-20,32-35,39-41,45,50,60H,7-9,11,21-31,36-37H2,1-6H3,(H,59,68)(H,61,67,69)/t39-,50?/m1/s1. The van der Waals surface area contributed by atoms with Gasteiger partial charge in [-0.25, -0.2) is 9.59 Å². The number of amides is 4. The van der Waals surface area contributed by atoms with Crippen LogP contribution < -0.4 is 26.5 Å². The van der Waals surface area contributed by atoms with Gasteiger partial charge in [0.1, 0.15) is 11.6 Å². The van der Waals surface area contributed by atoms with Gasteiger partial charge in [-0.2, -0.15) is 0 Å². The predicted octanol–water partition coefficient (Wildman–Crippen LogP) is 9.42. The van der Waals surface area contributed by atoms with Gasteiger partial charge in [-0.3, -0.25) is 28.8 Å². The molecule has 4 saturated heterocycles. The number of piperidine rings is 3. The number of hydrogen-bond donors (Lipinski definition) is 3. The largest absolute Gasteiger partial charge is 0.444 e. The molecular weight excluding hydrogens is 937 g/mol. The monoisotopic (exact) mass is 1010 g/mol. The van der Waals surface area contributed by atoms with Crippen molar-refractivity contribution in [3.63, 3.8) is 0 Å². The van der Waals surface area contributed by atoms with Gasteiger partial charge in [0.15, 0.2) is 0 Å². The smallest absolute Gasteiger partial charge is 0.410 e. The molecule has 0 radical (unpaired) electrons. The minimum absolute atomic E-state index is 0.0846. The molecule has 15 heteroatoms. The number of rotatable bonds is 14. The Kier molecular flexibility index (Phi) is 15.8. The molecule has 3 N–H and O–H groups in total. The van der Waals surface area contributed by atoms with E-state index in [1.165, 1.54) is 25.7 Å². The quantitative estimate of drug-likeness (QED) is 0.0562. The van der Waals surface area contributed by atoms with Gasteiger partial charge in [0.05, 0.1) is 23.1 Å². The molecule has 0 saturated carbocycles. The number of carbonyl (C=O) groups excluding carboxylic acids is 4. The average Bonchev–Trinajstić information content (AvgIpc) is 3.98. The number of imide groups is 1. The fourth-order valence-corrected chi connectivity index (χ4v) is 11.6. The molecule has 0 aliphatic carbocycles. The van der Waals surface area contributed by atoms with Gasteiger partial charge in [-0.05, 0) is 164 Å². The summed E-state index contributed by atoms with van der Waals surface area (Å²) in [5.41, 5.74) is 7.35. The third-order valence-electron chi connectivity index (χ3n) is 15.2. The fraction of sp³-hybridized carbons (Fsp3) is 0.500. The number of nitrogens with one attached hydrogen (secondary N) is 3. The molecule has 73 heavy (non-hydrogen) atoms. The molecule has 2 atom stereocenters. The van der Waals surface area contributed by atoms with Crippen LogP contribution >= 0.6 is 11.3 Å². The molecule has 1 unspecified atom stereocenters. The van der Waals surface area contributed by atoms with Crippen LogP contribution in [0.1, 0.15) is 131 Å². The third kappa shape index (κ3) is 12.4. The molecule has 5 aromatic rings. The summed E-state index contributed by atoms with van der Waals surface area (Å²) < 4.78 is 8.66. The van der Waals surface area contributed by atoms with Crippen LogP contribution in [-0.2, 0) is 21.4 Å². The van der Waals surface area contributed by atoms with Crippen molar-refractivity contribution in [2.75, 3.05) is 56.0 Å². The number of ether oxygens (including phenoxy) is 1. The maximum absolute atomic E-state index is 13.7. The van der Waals surface area contributed by atoms with Crippen LogP contribution in [0.3, 0.4) is 0 Å². The number of carbonyl (C=O) groups is 4. The zero-order valence-corrected chi connectivity index (χ0v) is 44.2. The Morgan fingerprint density at radius 2 is 1.67 bits per heavy atom. The minimum atomic E-state index is -0.676. The number of unbranched alkanes of at least 4 members (excludes halogenated alkanes) is 2. The summed E-state index contributed by atoms with van der Waals surface area (Å²) in [5, 5.41) is 11.2. The van der Waals surface area contributed by atoms with Crippen LogP contribution in [0.25, 0.3) is 21.5 Å². The Morgan fingerprint density at radius 3 is 2.40 bits per heavy atom. The molecule has 3 aromatic carbocycles. The molecular formula is C58H72N8O6S. The van der Waals surface area contributed by atoms with E-state index in [0.717, 1.165) is 114 Å². The van der Waals surface area contributed by atoms with Gasteiger partial charge >= 0.3 is 11.8 Å². The topological polar surface area (TPSA) is 150 Å². The zero-order chi connectivity index (χ0) is 51.4. The molecule has 14 nitrogen and oxygen atoms in total. The number of imidazole rings is 1. The number of anilines is 2. The van der Waals surface area contributed by atoms with E-state index in [1.807, 2.05) is 58.9 Å². The van der Waals surface area contributed by atoms with Crippen molar-refractivity contribution >= 4 is 57.6 Å². The lowest BCUT2D eigenvalue weighted by Gasteiger charge is -2.40. The molecule has 4 fully saturated rings. The molecule has 4 amide bonds. The van der Waals surface area contributed by atoms with Crippen LogP contribution in [0.4, 0.5) is 16.2 Å². The summed E-state index contributed by atoms with van der Waals surface area (Å²) in [6, 6.07) is 21.7. The van der Waals surface area contributed by atoms with Crippen molar-refractivity contribution in [1.82, 2.24) is 29.6 Å². The second-order valence-corrected chi connectivity index (χ2v) is 22.7. The van der Waals surface area contributed by atoms with Crippen molar-refractivity contribution < 1.29 is 23.9 Å². The van der Waals surface area contributed by atoms with E-state index in [0.29, 0.717) is 31.0 Å². The number of likely N-dealkylation sites (tertiary alicyclic amines) is 2. The minimum Gasteiger partial charge on any atom is -0.444 e. The number of aromatic nitrogens is 2. The van der Waals surface area contributed by atoms with Gasteiger partial charge in [0.25, 0.3) is 5.91 Å². The lowest BCUT2D eigenvalue weighted by atomic mass is 9.91. The van der Waals surface area contributed by atoms with E-state index >= 15 is 0 Å². The van der Waals surface area contributed by atoms with Crippen molar-refractivity contribution in [1.29, 1.82) is 0 Å². The first-order chi connectivity index (χ1) is 35.1. The summed E-state index contributed by atoms with van der Waals surface area (Å²) in [6.45, 7) is 16.0. The highest BCUT2D eigenvalue weighted by atomic mass is 32.1. The Bertz CT molecular complexity index is 2940. The van der Waals surface area contributed by atoms with E-state index in [4.69, 9.17) is 4.74 Å². The maximum Gasteiger partial charge on any atom is 0.410 e. The Balaban J connectivity index is 0.702.